The molecule has 0 aliphatic carbocycles. The van der Waals surface area contributed by atoms with Crippen LogP contribution in [0.1, 0.15) is 24.0 Å². The second kappa shape index (κ2) is 5.93. The highest BCUT2D eigenvalue weighted by molar-refractivity contribution is 5.72. The summed E-state index contributed by atoms with van der Waals surface area (Å²) in [7, 11) is 0. The lowest BCUT2D eigenvalue weighted by Gasteiger charge is -2.37. The topological polar surface area (TPSA) is 15.3 Å². The average molecular weight is 314 g/mol. The molecule has 4 rings (SSSR count). The number of piperidine rings is 1. The molecule has 2 nitrogen and oxygen atoms in total. The second-order valence-electron chi connectivity index (χ2n) is 6.42. The van der Waals surface area contributed by atoms with Gasteiger partial charge in [-0.3, -0.25) is 0 Å². The zero-order valence-corrected chi connectivity index (χ0v) is 13.0. The highest BCUT2D eigenvalue weighted by Gasteiger charge is 2.28. The van der Waals surface area contributed by atoms with E-state index in [9.17, 15) is 8.78 Å². The second-order valence-corrected chi connectivity index (χ2v) is 6.42. The average Bonchev–Trinajstić information content (AvgIpc) is 2.72. The molecule has 23 heavy (non-hydrogen) atoms. The Morgan fingerprint density at radius 3 is 2.04 bits per heavy atom. The van der Waals surface area contributed by atoms with Crippen LogP contribution in [0.25, 0.3) is 0 Å². The van der Waals surface area contributed by atoms with Crippen LogP contribution in [-0.2, 0) is 12.8 Å². The van der Waals surface area contributed by atoms with Gasteiger partial charge in [0, 0.05) is 24.0 Å². The fourth-order valence-corrected chi connectivity index (χ4v) is 3.82. The number of rotatable bonds is 1. The summed E-state index contributed by atoms with van der Waals surface area (Å²) in [6.45, 7) is 1.94. The molecule has 2 aliphatic heterocycles. The zero-order chi connectivity index (χ0) is 15.8. The summed E-state index contributed by atoms with van der Waals surface area (Å²) >= 11 is 0. The Kier molecular flexibility index (Phi) is 3.77. The normalized spacial score (nSPS) is 20.6. The molecule has 120 valence electrons. The Bertz CT molecular complexity index is 670. The number of benzene rings is 2. The minimum atomic E-state index is -0.206. The van der Waals surface area contributed by atoms with Crippen molar-refractivity contribution in [2.24, 2.45) is 0 Å². The molecule has 2 aromatic rings. The highest BCUT2D eigenvalue weighted by atomic mass is 19.1. The highest BCUT2D eigenvalue weighted by Crippen LogP contribution is 2.39. The van der Waals surface area contributed by atoms with Crippen molar-refractivity contribution in [1.82, 2.24) is 5.32 Å². The van der Waals surface area contributed by atoms with Crippen LogP contribution in [-0.4, -0.2) is 19.1 Å². The van der Waals surface area contributed by atoms with Gasteiger partial charge in [-0.05, 0) is 79.8 Å². The lowest BCUT2D eigenvalue weighted by Crippen LogP contribution is -2.44. The summed E-state index contributed by atoms with van der Waals surface area (Å²) in [5.41, 5.74) is 4.13. The van der Waals surface area contributed by atoms with Crippen LogP contribution < -0.4 is 10.2 Å². The molecule has 0 aromatic heterocycles. The van der Waals surface area contributed by atoms with E-state index in [0.29, 0.717) is 6.04 Å². The van der Waals surface area contributed by atoms with Gasteiger partial charge in [-0.25, -0.2) is 8.78 Å². The van der Waals surface area contributed by atoms with E-state index in [2.05, 4.69) is 10.2 Å². The molecule has 0 spiro atoms. The number of fused-ring (bicyclic) bond motifs is 2. The molecule has 0 amide bonds. The quantitative estimate of drug-likeness (QED) is 0.857. The molecule has 2 aromatic carbocycles. The van der Waals surface area contributed by atoms with Crippen molar-refractivity contribution in [3.63, 3.8) is 0 Å². The van der Waals surface area contributed by atoms with Crippen molar-refractivity contribution >= 4 is 11.4 Å². The van der Waals surface area contributed by atoms with Gasteiger partial charge in [-0.15, -0.1) is 0 Å². The van der Waals surface area contributed by atoms with E-state index in [4.69, 9.17) is 0 Å². The van der Waals surface area contributed by atoms with Gasteiger partial charge in [-0.2, -0.15) is 0 Å². The first-order chi connectivity index (χ1) is 11.2. The fraction of sp³-hybridized carbons (Fsp3) is 0.368. The largest absolute Gasteiger partial charge is 0.337 e. The minimum Gasteiger partial charge on any atom is -0.337 e. The summed E-state index contributed by atoms with van der Waals surface area (Å²) < 4.78 is 27.4. The van der Waals surface area contributed by atoms with Crippen LogP contribution in [0.15, 0.2) is 36.4 Å². The number of anilines is 2. The summed E-state index contributed by atoms with van der Waals surface area (Å²) in [4.78, 5) is 2.29. The zero-order valence-electron chi connectivity index (χ0n) is 13.0. The maximum Gasteiger partial charge on any atom is 0.123 e. The number of hydrogen-bond acceptors (Lipinski definition) is 2. The Balaban J connectivity index is 1.86. The first-order valence-electron chi connectivity index (χ1n) is 8.29. The molecule has 1 fully saturated rings. The molecular weight excluding hydrogens is 294 g/mol. The number of aryl methyl sites for hydroxylation is 2. The van der Waals surface area contributed by atoms with Gasteiger partial charge in [0.15, 0.2) is 0 Å². The van der Waals surface area contributed by atoms with Crippen LogP contribution in [0.3, 0.4) is 0 Å². The van der Waals surface area contributed by atoms with Crippen molar-refractivity contribution in [1.29, 1.82) is 0 Å². The van der Waals surface area contributed by atoms with Crippen molar-refractivity contribution in [2.45, 2.75) is 31.7 Å². The van der Waals surface area contributed by atoms with Gasteiger partial charge in [0.2, 0.25) is 0 Å². The monoisotopic (exact) mass is 314 g/mol. The third-order valence-corrected chi connectivity index (χ3v) is 4.90. The minimum absolute atomic E-state index is 0.206. The predicted molar refractivity (Wildman–Crippen MR) is 88.2 cm³/mol. The summed E-state index contributed by atoms with van der Waals surface area (Å²) in [6, 6.07) is 10.4. The molecule has 1 unspecified atom stereocenters. The van der Waals surface area contributed by atoms with Crippen LogP contribution in [0.2, 0.25) is 0 Å². The third-order valence-electron chi connectivity index (χ3n) is 4.90. The van der Waals surface area contributed by atoms with E-state index < -0.39 is 0 Å². The lowest BCUT2D eigenvalue weighted by molar-refractivity contribution is 0.453. The maximum absolute atomic E-state index is 13.7. The Morgan fingerprint density at radius 1 is 0.913 bits per heavy atom. The standard InChI is InChI=1S/C19H20F2N2/c20-15-5-7-18-13(10-15)3-4-14-11-16(21)6-8-19(14)23(18)17-2-1-9-22-12-17/h5-8,10-11,17,22H,1-4,9,12H2. The summed E-state index contributed by atoms with van der Waals surface area (Å²) in [5.74, 6) is -0.412. The molecule has 0 bridgehead atoms. The van der Waals surface area contributed by atoms with E-state index in [1.807, 2.05) is 12.1 Å². The van der Waals surface area contributed by atoms with E-state index in [-0.39, 0.29) is 11.6 Å². The van der Waals surface area contributed by atoms with Gasteiger partial charge in [0.1, 0.15) is 11.6 Å². The molecule has 4 heteroatoms. The van der Waals surface area contributed by atoms with Crippen molar-refractivity contribution in [2.75, 3.05) is 18.0 Å². The molecular formula is C19H20F2N2. The van der Waals surface area contributed by atoms with E-state index in [1.165, 1.54) is 12.1 Å². The Labute approximate surface area is 135 Å². The van der Waals surface area contributed by atoms with Crippen LogP contribution in [0.5, 0.6) is 0 Å². The molecule has 0 saturated carbocycles. The van der Waals surface area contributed by atoms with E-state index in [0.717, 1.165) is 61.3 Å². The van der Waals surface area contributed by atoms with Gasteiger partial charge in [-0.1, -0.05) is 0 Å². The van der Waals surface area contributed by atoms with Crippen LogP contribution >= 0.6 is 0 Å². The molecule has 2 heterocycles. The SMILES string of the molecule is Fc1ccc2c(c1)CCc1cc(F)ccc1N2C1CCCNC1. The first-order valence-corrected chi connectivity index (χ1v) is 8.29. The van der Waals surface area contributed by atoms with Gasteiger partial charge >= 0.3 is 0 Å². The van der Waals surface area contributed by atoms with E-state index >= 15 is 0 Å². The summed E-state index contributed by atoms with van der Waals surface area (Å²) in [6.07, 6.45) is 3.68. The van der Waals surface area contributed by atoms with Crippen LogP contribution in [0.4, 0.5) is 20.2 Å². The third kappa shape index (κ3) is 2.72. The fourth-order valence-electron chi connectivity index (χ4n) is 3.82. The number of hydrogen-bond donors (Lipinski definition) is 1. The lowest BCUT2D eigenvalue weighted by atomic mass is 10.0. The molecule has 1 saturated heterocycles. The van der Waals surface area contributed by atoms with Crippen LogP contribution in [0, 0.1) is 11.6 Å². The molecule has 1 N–H and O–H groups in total. The molecule has 1 atom stereocenters. The molecule has 0 radical (unpaired) electrons. The number of halogens is 2. The van der Waals surface area contributed by atoms with Gasteiger partial charge in [0.05, 0.1) is 0 Å². The Hall–Kier alpha value is -1.94. The van der Waals surface area contributed by atoms with Crippen molar-refractivity contribution in [3.05, 3.63) is 59.2 Å². The van der Waals surface area contributed by atoms with Gasteiger partial charge in [0.25, 0.3) is 0 Å². The summed E-state index contributed by atoms with van der Waals surface area (Å²) in [5, 5.41) is 3.45. The smallest absolute Gasteiger partial charge is 0.123 e. The Morgan fingerprint density at radius 2 is 1.52 bits per heavy atom. The van der Waals surface area contributed by atoms with Crippen molar-refractivity contribution < 1.29 is 8.78 Å². The number of nitrogens with one attached hydrogen (secondary N) is 1. The van der Waals surface area contributed by atoms with E-state index in [1.54, 1.807) is 12.1 Å². The molecule has 2 aliphatic rings. The predicted octanol–water partition coefficient (Wildman–Crippen LogP) is 3.95. The number of nitrogens with zero attached hydrogens (tertiary/aromatic N) is 1. The van der Waals surface area contributed by atoms with Gasteiger partial charge < -0.3 is 10.2 Å². The van der Waals surface area contributed by atoms with Crippen molar-refractivity contribution in [3.8, 4) is 0 Å². The maximum atomic E-state index is 13.7. The first kappa shape index (κ1) is 14.6.